The molecule has 0 spiro atoms. The summed E-state index contributed by atoms with van der Waals surface area (Å²) in [5.41, 5.74) is -2.09. The summed E-state index contributed by atoms with van der Waals surface area (Å²) < 4.78 is 16.5. The Morgan fingerprint density at radius 3 is 2.59 bits per heavy atom. The van der Waals surface area contributed by atoms with Gasteiger partial charge in [-0.1, -0.05) is 48.7 Å². The number of aliphatic hydroxyl groups is 1. The molecule has 0 saturated heterocycles. The van der Waals surface area contributed by atoms with Crippen LogP contribution in [0.3, 0.4) is 0 Å². The molecule has 3 saturated carbocycles. The number of Topliss-reactive ketones (excluding diaryl/α,β-unsaturated/α-hetero) is 1. The molecule has 0 unspecified atom stereocenters. The minimum Gasteiger partial charge on any atom is -0.454 e. The Hall–Kier alpha value is -2.68. The zero-order valence-corrected chi connectivity index (χ0v) is 24.8. The maximum absolute atomic E-state index is 13.9. The Bertz CT molecular complexity index is 1350. The summed E-state index contributed by atoms with van der Waals surface area (Å²) >= 11 is 12.1. The quantitative estimate of drug-likeness (QED) is 0.314. The highest BCUT2D eigenvalue weighted by atomic mass is 35.5. The van der Waals surface area contributed by atoms with Crippen molar-refractivity contribution in [2.24, 2.45) is 28.6 Å². The van der Waals surface area contributed by atoms with Gasteiger partial charge in [-0.2, -0.15) is 0 Å². The van der Waals surface area contributed by atoms with E-state index in [-0.39, 0.29) is 53.6 Å². The van der Waals surface area contributed by atoms with Crippen LogP contribution in [-0.4, -0.2) is 53.7 Å². The van der Waals surface area contributed by atoms with Crippen LogP contribution in [-0.2, 0) is 23.8 Å². The van der Waals surface area contributed by atoms with Crippen LogP contribution in [0.15, 0.2) is 42.0 Å². The van der Waals surface area contributed by atoms with Crippen molar-refractivity contribution in [3.63, 3.8) is 0 Å². The first-order valence-corrected chi connectivity index (χ1v) is 14.8. The molecule has 5 rings (SSSR count). The highest BCUT2D eigenvalue weighted by Crippen LogP contribution is 2.68. The summed E-state index contributed by atoms with van der Waals surface area (Å²) in [6.07, 6.45) is 5.59. The Labute approximate surface area is 249 Å². The zero-order valence-electron chi connectivity index (χ0n) is 23.3. The zero-order chi connectivity index (χ0) is 29.7. The van der Waals surface area contributed by atoms with Gasteiger partial charge in [0.15, 0.2) is 12.4 Å². The molecule has 1 aromatic carbocycles. The molecular formula is C31H34Cl2O8. The van der Waals surface area contributed by atoms with Gasteiger partial charge in [0, 0.05) is 27.3 Å². The Balaban J connectivity index is 1.45. The second kappa shape index (κ2) is 10.9. The smallest absolute Gasteiger partial charge is 0.454 e. The fourth-order valence-electron chi connectivity index (χ4n) is 8.19. The number of carbonyl (C=O) groups is 4. The molecular weight excluding hydrogens is 571 g/mol. The van der Waals surface area contributed by atoms with Gasteiger partial charge in [-0.3, -0.25) is 9.59 Å². The molecule has 7 atom stereocenters. The standard InChI is InChI=1S/C31H34Cl2O8/c1-4-39-28(38)41-31(27(37)40-16-25(36)21-8-6-18(32)14-23(21)33)12-10-22-20-7-5-17-13-19(34)9-11-29(17,2)26(20)24(35)15-30(22,31)3/h6,8-9,11,13-14,20,22,24,26,35H,4-5,7,10,12,15-16H2,1-3H3/t20-,22-,24-,26+,29-,30-,31-/m0/s1. The van der Waals surface area contributed by atoms with Gasteiger partial charge in [-0.25, -0.2) is 9.59 Å². The number of halogens is 2. The number of aliphatic hydroxyl groups excluding tert-OH is 1. The number of ketones is 2. The number of hydrogen-bond acceptors (Lipinski definition) is 8. The molecule has 0 amide bonds. The van der Waals surface area contributed by atoms with Crippen LogP contribution in [0, 0.1) is 28.6 Å². The Morgan fingerprint density at radius 2 is 1.88 bits per heavy atom. The maximum Gasteiger partial charge on any atom is 0.509 e. The summed E-state index contributed by atoms with van der Waals surface area (Å²) in [5.74, 6) is -1.71. The number of hydrogen-bond donors (Lipinski definition) is 1. The molecule has 0 aromatic heterocycles. The summed E-state index contributed by atoms with van der Waals surface area (Å²) in [6.45, 7) is 4.98. The third kappa shape index (κ3) is 4.82. The summed E-state index contributed by atoms with van der Waals surface area (Å²) in [4.78, 5) is 51.7. The van der Waals surface area contributed by atoms with Crippen molar-refractivity contribution in [1.82, 2.24) is 0 Å². The topological polar surface area (TPSA) is 116 Å². The second-order valence-corrected chi connectivity index (χ2v) is 12.8. The predicted octanol–water partition coefficient (Wildman–Crippen LogP) is 5.91. The highest BCUT2D eigenvalue weighted by Gasteiger charge is 2.71. The lowest BCUT2D eigenvalue weighted by atomic mass is 9.46. The molecule has 0 heterocycles. The van der Waals surface area contributed by atoms with Gasteiger partial charge in [0.1, 0.15) is 0 Å². The third-order valence-electron chi connectivity index (χ3n) is 10.0. The Kier molecular flexibility index (Phi) is 7.90. The normalized spacial score (nSPS) is 35.5. The monoisotopic (exact) mass is 604 g/mol. The number of fused-ring (bicyclic) bond motifs is 5. The van der Waals surface area contributed by atoms with Gasteiger partial charge in [0.2, 0.25) is 11.4 Å². The van der Waals surface area contributed by atoms with E-state index in [9.17, 15) is 24.3 Å². The van der Waals surface area contributed by atoms with Gasteiger partial charge in [-0.15, -0.1) is 0 Å². The van der Waals surface area contributed by atoms with Gasteiger partial charge >= 0.3 is 12.1 Å². The van der Waals surface area contributed by atoms with Crippen molar-refractivity contribution in [2.45, 2.75) is 64.6 Å². The van der Waals surface area contributed by atoms with Crippen molar-refractivity contribution in [2.75, 3.05) is 13.2 Å². The first kappa shape index (κ1) is 29.8. The van der Waals surface area contributed by atoms with Crippen LogP contribution in [0.25, 0.3) is 0 Å². The van der Waals surface area contributed by atoms with E-state index in [4.69, 9.17) is 37.4 Å². The van der Waals surface area contributed by atoms with Crippen molar-refractivity contribution in [1.29, 1.82) is 0 Å². The SMILES string of the molecule is CCOC(=O)O[C@]1(C(=O)OCC(=O)c2ccc(Cl)cc2Cl)CC[C@H]2[C@@H]3CCC4=CC(=O)C=C[C@]4(C)[C@H]3[C@@H](O)C[C@@]21C. The number of ether oxygens (including phenoxy) is 3. The van der Waals surface area contributed by atoms with Gasteiger partial charge in [-0.05, 0) is 81.2 Å². The number of allylic oxidation sites excluding steroid dienone is 4. The molecule has 4 aliphatic carbocycles. The lowest BCUT2D eigenvalue weighted by Gasteiger charge is -2.59. The van der Waals surface area contributed by atoms with Crippen molar-refractivity contribution < 1.29 is 38.5 Å². The molecule has 0 radical (unpaired) electrons. The molecule has 4 aliphatic rings. The lowest BCUT2D eigenvalue weighted by Crippen LogP contribution is -2.63. The average Bonchev–Trinajstić information content (AvgIpc) is 3.19. The first-order chi connectivity index (χ1) is 19.4. The highest BCUT2D eigenvalue weighted by molar-refractivity contribution is 6.36. The average molecular weight is 606 g/mol. The molecule has 41 heavy (non-hydrogen) atoms. The van der Waals surface area contributed by atoms with Crippen LogP contribution in [0.4, 0.5) is 4.79 Å². The van der Waals surface area contributed by atoms with Gasteiger partial charge < -0.3 is 19.3 Å². The molecule has 0 bridgehead atoms. The molecule has 8 nitrogen and oxygen atoms in total. The van der Waals surface area contributed by atoms with Crippen molar-refractivity contribution in [3.8, 4) is 0 Å². The van der Waals surface area contributed by atoms with E-state index in [0.717, 1.165) is 12.0 Å². The van der Waals surface area contributed by atoms with Crippen LogP contribution < -0.4 is 0 Å². The van der Waals surface area contributed by atoms with E-state index < -0.39 is 47.0 Å². The predicted molar refractivity (Wildman–Crippen MR) is 151 cm³/mol. The van der Waals surface area contributed by atoms with E-state index in [1.807, 2.05) is 13.0 Å². The fourth-order valence-corrected chi connectivity index (χ4v) is 8.70. The fraction of sp³-hybridized carbons (Fsp3) is 0.548. The minimum atomic E-state index is -1.77. The van der Waals surface area contributed by atoms with E-state index >= 15 is 0 Å². The number of rotatable bonds is 6. The first-order valence-electron chi connectivity index (χ1n) is 14.0. The van der Waals surface area contributed by atoms with E-state index in [2.05, 4.69) is 6.92 Å². The van der Waals surface area contributed by atoms with Crippen LogP contribution >= 0.6 is 23.2 Å². The molecule has 10 heteroatoms. The molecule has 1 N–H and O–H groups in total. The van der Waals surface area contributed by atoms with Crippen LogP contribution in [0.1, 0.15) is 63.2 Å². The van der Waals surface area contributed by atoms with Crippen molar-refractivity contribution >= 4 is 46.9 Å². The molecule has 1 aromatic rings. The molecule has 3 fully saturated rings. The largest absolute Gasteiger partial charge is 0.509 e. The van der Waals surface area contributed by atoms with E-state index in [1.165, 1.54) is 18.2 Å². The summed E-state index contributed by atoms with van der Waals surface area (Å²) in [6, 6.07) is 4.39. The van der Waals surface area contributed by atoms with E-state index in [0.29, 0.717) is 17.9 Å². The van der Waals surface area contributed by atoms with Crippen LogP contribution in [0.2, 0.25) is 10.0 Å². The third-order valence-corrected chi connectivity index (χ3v) is 10.6. The van der Waals surface area contributed by atoms with Gasteiger partial charge in [0.25, 0.3) is 0 Å². The summed E-state index contributed by atoms with van der Waals surface area (Å²) in [5, 5.41) is 12.2. The minimum absolute atomic E-state index is 0.00118. The number of carbonyl (C=O) groups excluding carboxylic acids is 4. The number of esters is 1. The molecule has 0 aliphatic heterocycles. The van der Waals surface area contributed by atoms with Gasteiger partial charge in [0.05, 0.1) is 17.7 Å². The number of benzene rings is 1. The lowest BCUT2D eigenvalue weighted by molar-refractivity contribution is -0.200. The van der Waals surface area contributed by atoms with Crippen molar-refractivity contribution in [3.05, 3.63) is 57.6 Å². The van der Waals surface area contributed by atoms with Crippen LogP contribution in [0.5, 0.6) is 0 Å². The molecule has 220 valence electrons. The van der Waals surface area contributed by atoms with E-state index in [1.54, 1.807) is 19.1 Å². The second-order valence-electron chi connectivity index (χ2n) is 12.0. The maximum atomic E-state index is 13.9. The summed E-state index contributed by atoms with van der Waals surface area (Å²) in [7, 11) is 0. The Morgan fingerprint density at radius 1 is 1.12 bits per heavy atom.